The second kappa shape index (κ2) is 7.33. The third kappa shape index (κ3) is 3.43. The van der Waals surface area contributed by atoms with Crippen LogP contribution in [0.2, 0.25) is 0 Å². The summed E-state index contributed by atoms with van der Waals surface area (Å²) in [6.45, 7) is 5.30. The summed E-state index contributed by atoms with van der Waals surface area (Å²) in [5.41, 5.74) is 2.46. The Kier molecular flexibility index (Phi) is 4.64. The van der Waals surface area contributed by atoms with E-state index < -0.39 is 23.9 Å². The molecule has 0 atom stereocenters. The van der Waals surface area contributed by atoms with E-state index in [1.165, 1.54) is 23.0 Å². The van der Waals surface area contributed by atoms with Gasteiger partial charge in [0, 0.05) is 17.6 Å². The lowest BCUT2D eigenvalue weighted by molar-refractivity contribution is -0.274. The Morgan fingerprint density at radius 3 is 2.21 bits per heavy atom. The number of alkyl halides is 3. The zero-order valence-electron chi connectivity index (χ0n) is 18.0. The highest BCUT2D eigenvalue weighted by Crippen LogP contribution is 2.35. The molecule has 0 saturated carbocycles. The SMILES string of the molecule is Cc1cc(C)nc(-n2nc(C)c3c4c(cnc32)C(=O)N(c2ccc(OC(F)(F)F)cc2)C4=O)n1. The second-order valence-electron chi connectivity index (χ2n) is 7.68. The van der Waals surface area contributed by atoms with Crippen LogP contribution in [0.3, 0.4) is 0 Å². The van der Waals surface area contributed by atoms with Gasteiger partial charge in [0.15, 0.2) is 5.65 Å². The molecule has 5 rings (SSSR count). The van der Waals surface area contributed by atoms with E-state index in [1.807, 2.05) is 13.8 Å². The highest BCUT2D eigenvalue weighted by molar-refractivity contribution is 6.37. The van der Waals surface area contributed by atoms with Crippen LogP contribution < -0.4 is 9.64 Å². The van der Waals surface area contributed by atoms with E-state index in [1.54, 1.807) is 13.0 Å². The quantitative estimate of drug-likeness (QED) is 0.421. The molecule has 4 aromatic rings. The van der Waals surface area contributed by atoms with E-state index in [2.05, 4.69) is 24.8 Å². The van der Waals surface area contributed by atoms with Crippen molar-refractivity contribution < 1.29 is 27.5 Å². The number of halogens is 3. The van der Waals surface area contributed by atoms with Gasteiger partial charge in [0.2, 0.25) is 0 Å². The average molecular weight is 468 g/mol. The van der Waals surface area contributed by atoms with Crippen LogP contribution in [0.4, 0.5) is 18.9 Å². The van der Waals surface area contributed by atoms with E-state index in [-0.39, 0.29) is 22.8 Å². The molecule has 1 aliphatic rings. The van der Waals surface area contributed by atoms with Crippen LogP contribution >= 0.6 is 0 Å². The Morgan fingerprint density at radius 1 is 0.941 bits per heavy atom. The topological polar surface area (TPSA) is 103 Å². The van der Waals surface area contributed by atoms with Crippen molar-refractivity contribution in [1.29, 1.82) is 0 Å². The minimum absolute atomic E-state index is 0.0668. The number of carbonyl (C=O) groups is 2. The molecule has 0 N–H and O–H groups in total. The predicted molar refractivity (Wildman–Crippen MR) is 113 cm³/mol. The van der Waals surface area contributed by atoms with Crippen molar-refractivity contribution >= 4 is 28.5 Å². The summed E-state index contributed by atoms with van der Waals surface area (Å²) in [5.74, 6) is -1.48. The summed E-state index contributed by atoms with van der Waals surface area (Å²) in [4.78, 5) is 40.4. The number of hydrogen-bond acceptors (Lipinski definition) is 7. The van der Waals surface area contributed by atoms with Gasteiger partial charge < -0.3 is 4.74 Å². The van der Waals surface area contributed by atoms with Gasteiger partial charge in [0.25, 0.3) is 17.8 Å². The first-order valence-electron chi connectivity index (χ1n) is 9.99. The Balaban J connectivity index is 1.59. The lowest BCUT2D eigenvalue weighted by atomic mass is 10.1. The fourth-order valence-electron chi connectivity index (χ4n) is 3.93. The lowest BCUT2D eigenvalue weighted by Crippen LogP contribution is -2.29. The fourth-order valence-corrected chi connectivity index (χ4v) is 3.93. The molecule has 172 valence electrons. The van der Waals surface area contributed by atoms with Crippen molar-refractivity contribution in [3.05, 3.63) is 64.7 Å². The van der Waals surface area contributed by atoms with E-state index in [9.17, 15) is 22.8 Å². The molecule has 12 heteroatoms. The van der Waals surface area contributed by atoms with E-state index in [0.29, 0.717) is 16.7 Å². The number of nitrogens with zero attached hydrogens (tertiary/aromatic N) is 6. The van der Waals surface area contributed by atoms with Crippen LogP contribution in [0, 0.1) is 20.8 Å². The maximum Gasteiger partial charge on any atom is 0.573 e. The monoisotopic (exact) mass is 468 g/mol. The first-order chi connectivity index (χ1) is 16.0. The summed E-state index contributed by atoms with van der Waals surface area (Å²) < 4.78 is 42.6. The van der Waals surface area contributed by atoms with Crippen molar-refractivity contribution in [3.63, 3.8) is 0 Å². The normalized spacial score (nSPS) is 13.6. The van der Waals surface area contributed by atoms with Gasteiger partial charge >= 0.3 is 6.36 Å². The van der Waals surface area contributed by atoms with Gasteiger partial charge in [-0.15, -0.1) is 13.2 Å². The number of carbonyl (C=O) groups excluding carboxylic acids is 2. The summed E-state index contributed by atoms with van der Waals surface area (Å²) in [6.07, 6.45) is -3.58. The molecule has 1 aliphatic heterocycles. The number of pyridine rings is 1. The number of aromatic nitrogens is 5. The molecule has 0 fully saturated rings. The predicted octanol–water partition coefficient (Wildman–Crippen LogP) is 3.83. The van der Waals surface area contributed by atoms with Gasteiger partial charge in [0.05, 0.1) is 27.9 Å². The molecule has 2 amide bonds. The van der Waals surface area contributed by atoms with Gasteiger partial charge in [-0.2, -0.15) is 9.78 Å². The second-order valence-corrected chi connectivity index (χ2v) is 7.68. The smallest absolute Gasteiger partial charge is 0.406 e. The molecular formula is C22H15F3N6O3. The lowest BCUT2D eigenvalue weighted by Gasteiger charge is -2.15. The Morgan fingerprint density at radius 2 is 1.59 bits per heavy atom. The largest absolute Gasteiger partial charge is 0.573 e. The van der Waals surface area contributed by atoms with E-state index in [4.69, 9.17) is 0 Å². The van der Waals surface area contributed by atoms with Crippen molar-refractivity contribution in [2.45, 2.75) is 27.1 Å². The molecule has 1 aromatic carbocycles. The molecule has 34 heavy (non-hydrogen) atoms. The van der Waals surface area contributed by atoms with E-state index in [0.717, 1.165) is 28.4 Å². The van der Waals surface area contributed by atoms with Gasteiger partial charge in [-0.25, -0.2) is 19.9 Å². The van der Waals surface area contributed by atoms with Crippen LogP contribution in [0.1, 0.15) is 37.8 Å². The van der Waals surface area contributed by atoms with Crippen molar-refractivity contribution in [3.8, 4) is 11.7 Å². The first-order valence-corrected chi connectivity index (χ1v) is 9.99. The number of fused-ring (bicyclic) bond motifs is 3. The van der Waals surface area contributed by atoms with E-state index >= 15 is 0 Å². The van der Waals surface area contributed by atoms with Gasteiger partial charge in [-0.3, -0.25) is 9.59 Å². The molecule has 3 aromatic heterocycles. The third-order valence-corrected chi connectivity index (χ3v) is 5.21. The molecule has 9 nitrogen and oxygen atoms in total. The third-order valence-electron chi connectivity index (χ3n) is 5.21. The Hall–Kier alpha value is -4.35. The first kappa shape index (κ1) is 21.5. The summed E-state index contributed by atoms with van der Waals surface area (Å²) in [6, 6.07) is 6.26. The zero-order chi connectivity index (χ0) is 24.4. The number of ether oxygens (including phenoxy) is 1. The van der Waals surface area contributed by atoms with Crippen LogP contribution in [-0.2, 0) is 0 Å². The van der Waals surface area contributed by atoms with Gasteiger partial charge in [0.1, 0.15) is 5.75 Å². The maximum atomic E-state index is 13.3. The van der Waals surface area contributed by atoms with Crippen molar-refractivity contribution in [2.75, 3.05) is 4.90 Å². The molecule has 4 heterocycles. The number of anilines is 1. The Labute approximate surface area is 189 Å². The molecule has 0 saturated heterocycles. The maximum absolute atomic E-state index is 13.3. The minimum atomic E-state index is -4.86. The summed E-state index contributed by atoms with van der Waals surface area (Å²) >= 11 is 0. The average Bonchev–Trinajstić information content (AvgIpc) is 3.21. The Bertz CT molecular complexity index is 1470. The number of hydrogen-bond donors (Lipinski definition) is 0. The minimum Gasteiger partial charge on any atom is -0.406 e. The van der Waals surface area contributed by atoms with Gasteiger partial charge in [-0.1, -0.05) is 0 Å². The number of aryl methyl sites for hydroxylation is 3. The fraction of sp³-hybridized carbons (Fsp3) is 0.182. The van der Waals surface area contributed by atoms with Crippen LogP contribution in [0.5, 0.6) is 5.75 Å². The molecule has 0 radical (unpaired) electrons. The number of rotatable bonds is 3. The molecule has 0 bridgehead atoms. The number of amides is 2. The van der Waals surface area contributed by atoms with Gasteiger partial charge in [-0.05, 0) is 51.1 Å². The molecular weight excluding hydrogens is 453 g/mol. The van der Waals surface area contributed by atoms with Crippen molar-refractivity contribution in [2.24, 2.45) is 0 Å². The highest BCUT2D eigenvalue weighted by Gasteiger charge is 2.40. The standard InChI is InChI=1S/C22H15F3N6O3/c1-10-8-11(2)28-21(27-10)31-18-16(12(3)29-31)17-15(9-26-18)19(32)30(20(17)33)13-4-6-14(7-5-13)34-22(23,24)25/h4-9H,1-3H3. The van der Waals surface area contributed by atoms with Crippen LogP contribution in [-0.4, -0.2) is 42.9 Å². The van der Waals surface area contributed by atoms with Crippen molar-refractivity contribution in [1.82, 2.24) is 24.7 Å². The highest BCUT2D eigenvalue weighted by atomic mass is 19.4. The molecule has 0 spiro atoms. The summed E-state index contributed by atoms with van der Waals surface area (Å²) in [7, 11) is 0. The zero-order valence-corrected chi connectivity index (χ0v) is 18.0. The number of benzene rings is 1. The van der Waals surface area contributed by atoms with Crippen LogP contribution in [0.15, 0.2) is 36.5 Å². The molecule has 0 unspecified atom stereocenters. The number of imide groups is 1. The van der Waals surface area contributed by atoms with Crippen LogP contribution in [0.25, 0.3) is 17.0 Å². The summed E-state index contributed by atoms with van der Waals surface area (Å²) in [5, 5.41) is 4.82. The molecule has 0 aliphatic carbocycles.